The lowest BCUT2D eigenvalue weighted by Crippen LogP contribution is -1.88. The van der Waals surface area contributed by atoms with Crippen LogP contribution in [0, 0.1) is 11.8 Å². The number of rotatable bonds is 1. The molecule has 1 N–H and O–H groups in total. The molecule has 62 valence electrons. The van der Waals surface area contributed by atoms with Crippen LogP contribution in [0.4, 0.5) is 0 Å². The first-order chi connectivity index (χ1) is 5.86. The lowest BCUT2D eigenvalue weighted by Gasteiger charge is -1.93. The molecule has 0 bridgehead atoms. The number of hydrogen-bond acceptors (Lipinski definition) is 2. The predicted octanol–water partition coefficient (Wildman–Crippen LogP) is 1.16. The number of nitrogens with zero attached hydrogens (tertiary/aromatic N) is 1. The fraction of sp³-hybridized carbons (Fsp3) is 0.222. The quantitative estimate of drug-likeness (QED) is 0.521. The second kappa shape index (κ2) is 4.76. The molecule has 3 heteroatoms. The third-order valence-corrected chi connectivity index (χ3v) is 1.42. The lowest BCUT2D eigenvalue weighted by atomic mass is 10.2. The van der Waals surface area contributed by atoms with E-state index >= 15 is 0 Å². The molecular formula is C9H8ClNO. The Morgan fingerprint density at radius 1 is 1.50 bits per heavy atom. The Morgan fingerprint density at radius 2 is 2.33 bits per heavy atom. The van der Waals surface area contributed by atoms with Crippen molar-refractivity contribution >= 4 is 11.6 Å². The zero-order valence-electron chi connectivity index (χ0n) is 6.42. The minimum absolute atomic E-state index is 0.0385. The maximum absolute atomic E-state index is 8.68. The highest BCUT2D eigenvalue weighted by atomic mass is 35.5. The van der Waals surface area contributed by atoms with Gasteiger partial charge in [0.25, 0.3) is 0 Å². The lowest BCUT2D eigenvalue weighted by molar-refractivity contribution is 0.277. The average Bonchev–Trinajstić information content (AvgIpc) is 2.15. The van der Waals surface area contributed by atoms with Crippen LogP contribution in [0.2, 0.25) is 0 Å². The molecule has 0 spiro atoms. The summed E-state index contributed by atoms with van der Waals surface area (Å²) < 4.78 is 0. The highest BCUT2D eigenvalue weighted by Crippen LogP contribution is 1.97. The third kappa shape index (κ3) is 2.54. The van der Waals surface area contributed by atoms with E-state index in [-0.39, 0.29) is 6.61 Å². The fourth-order valence-electron chi connectivity index (χ4n) is 0.727. The van der Waals surface area contributed by atoms with Crippen LogP contribution >= 0.6 is 11.6 Å². The van der Waals surface area contributed by atoms with Crippen LogP contribution in [0.5, 0.6) is 0 Å². The molecule has 0 aromatic carbocycles. The summed E-state index contributed by atoms with van der Waals surface area (Å²) in [5.74, 6) is 5.86. The van der Waals surface area contributed by atoms with Crippen LogP contribution in [-0.2, 0) is 6.61 Å². The molecule has 12 heavy (non-hydrogen) atoms. The Labute approximate surface area is 76.2 Å². The normalized spacial score (nSPS) is 8.83. The van der Waals surface area contributed by atoms with Crippen LogP contribution in [0.15, 0.2) is 18.3 Å². The van der Waals surface area contributed by atoms with E-state index < -0.39 is 0 Å². The third-order valence-electron chi connectivity index (χ3n) is 1.29. The largest absolute Gasteiger partial charge is 0.390 e. The fourth-order valence-corrected chi connectivity index (χ4v) is 0.794. The summed E-state index contributed by atoms with van der Waals surface area (Å²) in [7, 11) is 0. The zero-order chi connectivity index (χ0) is 8.81. The second-order valence-corrected chi connectivity index (χ2v) is 2.40. The molecular weight excluding hydrogens is 174 g/mol. The van der Waals surface area contributed by atoms with Crippen molar-refractivity contribution in [1.29, 1.82) is 0 Å². The Bertz CT molecular complexity index is 297. The summed E-state index contributed by atoms with van der Waals surface area (Å²) in [6.07, 6.45) is 1.62. The van der Waals surface area contributed by atoms with Gasteiger partial charge in [0.2, 0.25) is 0 Å². The SMILES string of the molecule is OCc1ccc(C#CCCl)cn1. The van der Waals surface area contributed by atoms with Crippen molar-refractivity contribution in [3.05, 3.63) is 29.6 Å². The van der Waals surface area contributed by atoms with Crippen molar-refractivity contribution in [1.82, 2.24) is 4.98 Å². The van der Waals surface area contributed by atoms with E-state index in [0.29, 0.717) is 11.6 Å². The average molecular weight is 182 g/mol. The Hall–Kier alpha value is -1.04. The van der Waals surface area contributed by atoms with Gasteiger partial charge >= 0.3 is 0 Å². The maximum Gasteiger partial charge on any atom is 0.0852 e. The highest BCUT2D eigenvalue weighted by Gasteiger charge is 1.90. The molecule has 0 aliphatic heterocycles. The molecule has 0 atom stereocenters. The number of halogens is 1. The molecule has 0 aliphatic carbocycles. The van der Waals surface area contributed by atoms with E-state index in [4.69, 9.17) is 16.7 Å². The van der Waals surface area contributed by atoms with Crippen molar-refractivity contribution in [2.75, 3.05) is 5.88 Å². The van der Waals surface area contributed by atoms with Gasteiger partial charge in [-0.1, -0.05) is 11.8 Å². The summed E-state index contributed by atoms with van der Waals surface area (Å²) in [6.45, 7) is -0.0385. The van der Waals surface area contributed by atoms with Crippen LogP contribution < -0.4 is 0 Å². The summed E-state index contributed by atoms with van der Waals surface area (Å²) in [4.78, 5) is 3.95. The van der Waals surface area contributed by atoms with Crippen LogP contribution in [-0.4, -0.2) is 16.0 Å². The Balaban J connectivity index is 2.78. The van der Waals surface area contributed by atoms with Crippen molar-refractivity contribution in [2.24, 2.45) is 0 Å². The van der Waals surface area contributed by atoms with Crippen molar-refractivity contribution < 1.29 is 5.11 Å². The topological polar surface area (TPSA) is 33.1 Å². The second-order valence-electron chi connectivity index (χ2n) is 2.13. The molecule has 0 unspecified atom stereocenters. The predicted molar refractivity (Wildman–Crippen MR) is 47.8 cm³/mol. The van der Waals surface area contributed by atoms with E-state index in [1.165, 1.54) is 0 Å². The van der Waals surface area contributed by atoms with E-state index in [1.54, 1.807) is 18.3 Å². The van der Waals surface area contributed by atoms with Gasteiger partial charge in [-0.2, -0.15) is 0 Å². The van der Waals surface area contributed by atoms with Crippen LogP contribution in [0.1, 0.15) is 11.3 Å². The van der Waals surface area contributed by atoms with Gasteiger partial charge < -0.3 is 5.11 Å². The van der Waals surface area contributed by atoms with Gasteiger partial charge in [-0.15, -0.1) is 11.6 Å². The van der Waals surface area contributed by atoms with E-state index in [2.05, 4.69) is 16.8 Å². The molecule has 0 saturated carbocycles. The minimum atomic E-state index is -0.0385. The minimum Gasteiger partial charge on any atom is -0.390 e. The van der Waals surface area contributed by atoms with Crippen molar-refractivity contribution in [3.8, 4) is 11.8 Å². The van der Waals surface area contributed by atoms with Gasteiger partial charge in [-0.05, 0) is 12.1 Å². The maximum atomic E-state index is 8.68. The molecule has 0 amide bonds. The molecule has 0 fully saturated rings. The summed E-state index contributed by atoms with van der Waals surface area (Å²) >= 11 is 5.38. The monoisotopic (exact) mass is 181 g/mol. The summed E-state index contributed by atoms with van der Waals surface area (Å²) in [5.41, 5.74) is 1.46. The number of pyridine rings is 1. The molecule has 2 nitrogen and oxygen atoms in total. The van der Waals surface area contributed by atoms with E-state index in [0.717, 1.165) is 5.56 Å². The Morgan fingerprint density at radius 3 is 2.83 bits per heavy atom. The van der Waals surface area contributed by atoms with Gasteiger partial charge in [0.05, 0.1) is 18.2 Å². The first-order valence-electron chi connectivity index (χ1n) is 3.47. The molecule has 0 radical (unpaired) electrons. The summed E-state index contributed by atoms with van der Waals surface area (Å²) in [5, 5.41) is 8.68. The highest BCUT2D eigenvalue weighted by molar-refractivity contribution is 6.19. The van der Waals surface area contributed by atoms with Gasteiger partial charge in [0.15, 0.2) is 0 Å². The standard InChI is InChI=1S/C9H8ClNO/c10-5-1-2-8-3-4-9(7-12)11-6-8/h3-4,6,12H,5,7H2. The molecule has 1 aromatic rings. The van der Waals surface area contributed by atoms with Gasteiger partial charge in [-0.25, -0.2) is 0 Å². The van der Waals surface area contributed by atoms with Crippen LogP contribution in [0.25, 0.3) is 0 Å². The molecule has 0 saturated heterocycles. The number of hydrogen-bond donors (Lipinski definition) is 1. The van der Waals surface area contributed by atoms with Gasteiger partial charge in [-0.3, -0.25) is 4.98 Å². The van der Waals surface area contributed by atoms with E-state index in [9.17, 15) is 0 Å². The number of alkyl halides is 1. The number of aliphatic hydroxyl groups is 1. The smallest absolute Gasteiger partial charge is 0.0852 e. The van der Waals surface area contributed by atoms with Crippen molar-refractivity contribution in [2.45, 2.75) is 6.61 Å². The number of aromatic nitrogens is 1. The first kappa shape index (κ1) is 9.05. The van der Waals surface area contributed by atoms with Gasteiger partial charge in [0, 0.05) is 11.8 Å². The molecule has 0 aliphatic rings. The molecule has 1 aromatic heterocycles. The van der Waals surface area contributed by atoms with E-state index in [1.807, 2.05) is 0 Å². The van der Waals surface area contributed by atoms with Crippen LogP contribution in [0.3, 0.4) is 0 Å². The van der Waals surface area contributed by atoms with Crippen molar-refractivity contribution in [3.63, 3.8) is 0 Å². The zero-order valence-corrected chi connectivity index (χ0v) is 7.17. The molecule has 1 rings (SSSR count). The molecule has 1 heterocycles. The number of aliphatic hydroxyl groups excluding tert-OH is 1. The summed E-state index contributed by atoms with van der Waals surface area (Å²) in [6, 6.07) is 3.54. The Kier molecular flexibility index (Phi) is 3.59. The first-order valence-corrected chi connectivity index (χ1v) is 4.01. The van der Waals surface area contributed by atoms with Gasteiger partial charge in [0.1, 0.15) is 0 Å².